The topological polar surface area (TPSA) is 63.4 Å². The molecule has 1 saturated heterocycles. The molecule has 0 aliphatic carbocycles. The average molecular weight is 254 g/mol. The number of nitrogens with zero attached hydrogens (tertiary/aromatic N) is 1. The number of rotatable bonds is 3. The van der Waals surface area contributed by atoms with Crippen LogP contribution in [0.25, 0.3) is 0 Å². The van der Waals surface area contributed by atoms with Crippen molar-refractivity contribution in [2.24, 2.45) is 11.7 Å². The molecule has 0 saturated carbocycles. The maximum Gasteiger partial charge on any atom is 0.243 e. The largest absolute Gasteiger partial charge is 0.330 e. The van der Waals surface area contributed by atoms with Crippen LogP contribution in [0.15, 0.2) is 35.2 Å². The second-order valence-electron chi connectivity index (χ2n) is 4.40. The lowest BCUT2D eigenvalue weighted by atomic mass is 9.99. The van der Waals surface area contributed by atoms with Crippen LogP contribution < -0.4 is 5.73 Å². The van der Waals surface area contributed by atoms with E-state index in [-0.39, 0.29) is 0 Å². The van der Waals surface area contributed by atoms with E-state index < -0.39 is 10.0 Å². The first-order chi connectivity index (χ1) is 8.14. The van der Waals surface area contributed by atoms with E-state index in [9.17, 15) is 8.42 Å². The number of piperidine rings is 1. The number of nitrogens with two attached hydrogens (primary N) is 1. The zero-order valence-electron chi connectivity index (χ0n) is 9.75. The Hall–Kier alpha value is -0.910. The van der Waals surface area contributed by atoms with Crippen molar-refractivity contribution in [2.75, 3.05) is 19.6 Å². The van der Waals surface area contributed by atoms with Crippen LogP contribution in [0.2, 0.25) is 0 Å². The molecular formula is C12H18N2O2S. The highest BCUT2D eigenvalue weighted by atomic mass is 32.2. The van der Waals surface area contributed by atoms with Crippen molar-refractivity contribution in [3.05, 3.63) is 30.3 Å². The van der Waals surface area contributed by atoms with Gasteiger partial charge < -0.3 is 5.73 Å². The highest BCUT2D eigenvalue weighted by Crippen LogP contribution is 2.22. The number of benzene rings is 1. The molecule has 1 aliphatic rings. The summed E-state index contributed by atoms with van der Waals surface area (Å²) in [4.78, 5) is 0.381. The van der Waals surface area contributed by atoms with Gasteiger partial charge in [-0.15, -0.1) is 0 Å². The second kappa shape index (κ2) is 5.16. The third kappa shape index (κ3) is 2.68. The van der Waals surface area contributed by atoms with Gasteiger partial charge in [-0.2, -0.15) is 4.31 Å². The van der Waals surface area contributed by atoms with Gasteiger partial charge in [-0.3, -0.25) is 0 Å². The molecule has 5 heteroatoms. The molecule has 0 radical (unpaired) electrons. The zero-order valence-corrected chi connectivity index (χ0v) is 10.6. The normalized spacial score (nSPS) is 19.4. The highest BCUT2D eigenvalue weighted by Gasteiger charge is 2.28. The second-order valence-corrected chi connectivity index (χ2v) is 6.33. The quantitative estimate of drug-likeness (QED) is 0.877. The standard InChI is InChI=1S/C12H18N2O2S/c13-10-11-6-8-14(9-7-11)17(15,16)12-4-2-1-3-5-12/h1-5,11H,6-10,13H2. The van der Waals surface area contributed by atoms with E-state index >= 15 is 0 Å². The summed E-state index contributed by atoms with van der Waals surface area (Å²) in [5, 5.41) is 0. The molecular weight excluding hydrogens is 236 g/mol. The van der Waals surface area contributed by atoms with Gasteiger partial charge in [0.25, 0.3) is 0 Å². The highest BCUT2D eigenvalue weighted by molar-refractivity contribution is 7.89. The molecule has 0 aromatic heterocycles. The van der Waals surface area contributed by atoms with Gasteiger partial charge >= 0.3 is 0 Å². The third-order valence-electron chi connectivity index (χ3n) is 3.29. The average Bonchev–Trinajstić information content (AvgIpc) is 2.40. The van der Waals surface area contributed by atoms with Crippen molar-refractivity contribution in [3.63, 3.8) is 0 Å². The summed E-state index contributed by atoms with van der Waals surface area (Å²) in [6, 6.07) is 8.60. The summed E-state index contributed by atoms with van der Waals surface area (Å²) in [6.07, 6.45) is 1.73. The molecule has 0 spiro atoms. The number of hydrogen-bond donors (Lipinski definition) is 1. The van der Waals surface area contributed by atoms with Crippen LogP contribution in [0.4, 0.5) is 0 Å². The Morgan fingerprint density at radius 2 is 1.76 bits per heavy atom. The fourth-order valence-corrected chi connectivity index (χ4v) is 3.62. The maximum absolute atomic E-state index is 12.3. The Kier molecular flexibility index (Phi) is 3.81. The minimum atomic E-state index is -3.30. The molecule has 94 valence electrons. The van der Waals surface area contributed by atoms with Crippen LogP contribution in [0.3, 0.4) is 0 Å². The minimum Gasteiger partial charge on any atom is -0.330 e. The summed E-state index contributed by atoms with van der Waals surface area (Å²) in [7, 11) is -3.30. The van der Waals surface area contributed by atoms with Crippen LogP contribution in [-0.2, 0) is 10.0 Å². The van der Waals surface area contributed by atoms with Gasteiger partial charge in [0.15, 0.2) is 0 Å². The monoisotopic (exact) mass is 254 g/mol. The van der Waals surface area contributed by atoms with E-state index in [1.807, 2.05) is 6.07 Å². The Bertz CT molecular complexity index is 451. The van der Waals surface area contributed by atoms with Crippen molar-refractivity contribution >= 4 is 10.0 Å². The Labute approximate surface area is 102 Å². The first kappa shape index (κ1) is 12.5. The van der Waals surface area contributed by atoms with Gasteiger partial charge in [0.1, 0.15) is 0 Å². The Balaban J connectivity index is 2.13. The molecule has 0 amide bonds. The molecule has 1 aliphatic heterocycles. The van der Waals surface area contributed by atoms with Crippen molar-refractivity contribution in [1.29, 1.82) is 0 Å². The lowest BCUT2D eigenvalue weighted by Crippen LogP contribution is -2.39. The first-order valence-electron chi connectivity index (χ1n) is 5.90. The fraction of sp³-hybridized carbons (Fsp3) is 0.500. The molecule has 4 nitrogen and oxygen atoms in total. The summed E-state index contributed by atoms with van der Waals surface area (Å²) in [6.45, 7) is 1.82. The molecule has 2 rings (SSSR count). The molecule has 17 heavy (non-hydrogen) atoms. The van der Waals surface area contributed by atoms with Crippen molar-refractivity contribution < 1.29 is 8.42 Å². The van der Waals surface area contributed by atoms with Crippen LogP contribution in [0.1, 0.15) is 12.8 Å². The van der Waals surface area contributed by atoms with Crippen molar-refractivity contribution in [1.82, 2.24) is 4.31 Å². The van der Waals surface area contributed by atoms with Crippen molar-refractivity contribution in [3.8, 4) is 0 Å². The maximum atomic E-state index is 12.3. The van der Waals surface area contributed by atoms with Crippen LogP contribution in [-0.4, -0.2) is 32.4 Å². The van der Waals surface area contributed by atoms with Crippen LogP contribution >= 0.6 is 0 Å². The Morgan fingerprint density at radius 1 is 1.18 bits per heavy atom. The molecule has 1 fully saturated rings. The molecule has 2 N–H and O–H groups in total. The van der Waals surface area contributed by atoms with Gasteiger partial charge in [-0.25, -0.2) is 8.42 Å². The van der Waals surface area contributed by atoms with Gasteiger partial charge in [-0.05, 0) is 37.4 Å². The van der Waals surface area contributed by atoms with Gasteiger partial charge in [-0.1, -0.05) is 18.2 Å². The molecule has 0 unspecified atom stereocenters. The van der Waals surface area contributed by atoms with Gasteiger partial charge in [0, 0.05) is 13.1 Å². The van der Waals surface area contributed by atoms with E-state index in [0.29, 0.717) is 30.4 Å². The van der Waals surface area contributed by atoms with E-state index in [1.165, 1.54) is 0 Å². The summed E-state index contributed by atoms with van der Waals surface area (Å²) < 4.78 is 26.1. The van der Waals surface area contributed by atoms with E-state index in [4.69, 9.17) is 5.73 Å². The number of hydrogen-bond acceptors (Lipinski definition) is 3. The minimum absolute atomic E-state index is 0.381. The SMILES string of the molecule is NCC1CCN(S(=O)(=O)c2ccccc2)CC1. The van der Waals surface area contributed by atoms with Gasteiger partial charge in [0.2, 0.25) is 10.0 Å². The van der Waals surface area contributed by atoms with Crippen LogP contribution in [0.5, 0.6) is 0 Å². The summed E-state index contributed by atoms with van der Waals surface area (Å²) in [5.41, 5.74) is 5.60. The van der Waals surface area contributed by atoms with Crippen LogP contribution in [0, 0.1) is 5.92 Å². The lowest BCUT2D eigenvalue weighted by molar-refractivity contribution is 0.278. The fourth-order valence-electron chi connectivity index (χ4n) is 2.13. The first-order valence-corrected chi connectivity index (χ1v) is 7.34. The molecule has 1 heterocycles. The summed E-state index contributed by atoms with van der Waals surface area (Å²) >= 11 is 0. The predicted octanol–water partition coefficient (Wildman–Crippen LogP) is 1.05. The van der Waals surface area contributed by atoms with E-state index in [0.717, 1.165) is 12.8 Å². The zero-order chi connectivity index (χ0) is 12.3. The molecule has 0 atom stereocenters. The third-order valence-corrected chi connectivity index (χ3v) is 5.20. The lowest BCUT2D eigenvalue weighted by Gasteiger charge is -2.30. The smallest absolute Gasteiger partial charge is 0.243 e. The van der Waals surface area contributed by atoms with E-state index in [1.54, 1.807) is 28.6 Å². The number of sulfonamides is 1. The van der Waals surface area contributed by atoms with E-state index in [2.05, 4.69) is 0 Å². The predicted molar refractivity (Wildman–Crippen MR) is 67.0 cm³/mol. The van der Waals surface area contributed by atoms with Crippen molar-refractivity contribution in [2.45, 2.75) is 17.7 Å². The molecule has 1 aromatic carbocycles. The Morgan fingerprint density at radius 3 is 2.29 bits per heavy atom. The molecule has 0 bridgehead atoms. The van der Waals surface area contributed by atoms with Gasteiger partial charge in [0.05, 0.1) is 4.90 Å². The molecule has 1 aromatic rings. The summed E-state index contributed by atoms with van der Waals surface area (Å²) in [5.74, 6) is 0.470.